The van der Waals surface area contributed by atoms with E-state index < -0.39 is 0 Å². The predicted molar refractivity (Wildman–Crippen MR) is 128 cm³/mol. The molecule has 4 aromatic rings. The summed E-state index contributed by atoms with van der Waals surface area (Å²) in [5.41, 5.74) is 3.30. The van der Waals surface area contributed by atoms with Gasteiger partial charge in [0.2, 0.25) is 0 Å². The number of benzene rings is 1. The molecule has 0 atom stereocenters. The maximum Gasteiger partial charge on any atom is 0.275 e. The number of piperazine rings is 1. The highest BCUT2D eigenvalue weighted by molar-refractivity contribution is 6.29. The average molecular weight is 452 g/mol. The van der Waals surface area contributed by atoms with Gasteiger partial charge in [-0.3, -0.25) is 14.1 Å². The van der Waals surface area contributed by atoms with Crippen molar-refractivity contribution in [2.45, 2.75) is 13.0 Å². The van der Waals surface area contributed by atoms with Gasteiger partial charge in [0.1, 0.15) is 16.4 Å². The van der Waals surface area contributed by atoms with E-state index in [-0.39, 0.29) is 5.56 Å². The molecule has 5 rings (SSSR count). The summed E-state index contributed by atoms with van der Waals surface area (Å²) in [7, 11) is 1.72. The Kier molecular flexibility index (Phi) is 5.76. The summed E-state index contributed by atoms with van der Waals surface area (Å²) in [6.45, 7) is 5.49. The van der Waals surface area contributed by atoms with Gasteiger partial charge in [0.05, 0.1) is 18.3 Å². The van der Waals surface area contributed by atoms with Crippen molar-refractivity contribution in [3.8, 4) is 5.75 Å². The molecule has 166 valence electrons. The highest BCUT2D eigenvalue weighted by atomic mass is 35.5. The molecule has 1 saturated heterocycles. The van der Waals surface area contributed by atoms with Crippen LogP contribution in [0.5, 0.6) is 5.75 Å². The van der Waals surface area contributed by atoms with Crippen LogP contribution in [0.1, 0.15) is 6.42 Å². The van der Waals surface area contributed by atoms with Gasteiger partial charge in [-0.05, 0) is 49.4 Å². The first-order chi connectivity index (χ1) is 15.7. The largest absolute Gasteiger partial charge is 0.495 e. The smallest absolute Gasteiger partial charge is 0.275 e. The Bertz CT molecular complexity index is 1310. The highest BCUT2D eigenvalue weighted by Crippen LogP contribution is 2.28. The van der Waals surface area contributed by atoms with Crippen LogP contribution < -0.4 is 15.2 Å². The molecule has 0 aliphatic carbocycles. The molecule has 8 heteroatoms. The van der Waals surface area contributed by atoms with Gasteiger partial charge in [0.15, 0.2) is 5.65 Å². The summed E-state index contributed by atoms with van der Waals surface area (Å²) in [5, 5.41) is 0.422. The third kappa shape index (κ3) is 3.82. The van der Waals surface area contributed by atoms with E-state index in [0.717, 1.165) is 56.1 Å². The van der Waals surface area contributed by atoms with E-state index in [2.05, 4.69) is 26.9 Å². The minimum Gasteiger partial charge on any atom is -0.495 e. The first-order valence-electron chi connectivity index (χ1n) is 10.9. The fraction of sp³-hybridized carbons (Fsp3) is 0.333. The summed E-state index contributed by atoms with van der Waals surface area (Å²) in [6, 6.07) is 15.5. The second-order valence-corrected chi connectivity index (χ2v) is 8.44. The van der Waals surface area contributed by atoms with E-state index in [1.807, 2.05) is 45.5 Å². The van der Waals surface area contributed by atoms with Crippen LogP contribution in [0.2, 0.25) is 5.15 Å². The second kappa shape index (κ2) is 8.84. The first-order valence-corrected chi connectivity index (χ1v) is 11.3. The minimum atomic E-state index is 0.00705. The van der Waals surface area contributed by atoms with Crippen LogP contribution in [0.25, 0.3) is 16.7 Å². The molecule has 32 heavy (non-hydrogen) atoms. The monoisotopic (exact) mass is 451 g/mol. The van der Waals surface area contributed by atoms with E-state index >= 15 is 0 Å². The van der Waals surface area contributed by atoms with Crippen molar-refractivity contribution in [2.24, 2.45) is 0 Å². The molecule has 0 amide bonds. The molecule has 1 aliphatic rings. The average Bonchev–Trinajstić information content (AvgIpc) is 3.32. The Hall–Kier alpha value is -3.03. The topological polar surface area (TPSA) is 55.0 Å². The van der Waals surface area contributed by atoms with Crippen molar-refractivity contribution in [2.75, 3.05) is 44.7 Å². The van der Waals surface area contributed by atoms with Gasteiger partial charge >= 0.3 is 0 Å². The van der Waals surface area contributed by atoms with E-state index in [0.29, 0.717) is 22.9 Å². The molecule has 0 unspecified atom stereocenters. The van der Waals surface area contributed by atoms with Crippen LogP contribution >= 0.6 is 11.6 Å². The second-order valence-electron chi connectivity index (χ2n) is 8.05. The number of halogens is 1. The lowest BCUT2D eigenvalue weighted by atomic mass is 10.2. The molecule has 4 heterocycles. The number of methoxy groups -OCH3 is 1. The number of aromatic nitrogens is 3. The van der Waals surface area contributed by atoms with Crippen LogP contribution in [0.4, 0.5) is 5.69 Å². The van der Waals surface area contributed by atoms with Crippen LogP contribution in [0.3, 0.4) is 0 Å². The third-order valence-electron chi connectivity index (χ3n) is 6.21. The van der Waals surface area contributed by atoms with Crippen molar-refractivity contribution in [1.82, 2.24) is 18.9 Å². The molecule has 1 aromatic carbocycles. The number of anilines is 1. The van der Waals surface area contributed by atoms with Gasteiger partial charge in [-0.25, -0.2) is 4.98 Å². The number of nitrogens with zero attached hydrogens (tertiary/aromatic N) is 5. The molecule has 1 aliphatic heterocycles. The zero-order valence-electron chi connectivity index (χ0n) is 18.1. The van der Waals surface area contributed by atoms with E-state index in [1.165, 1.54) is 0 Å². The van der Waals surface area contributed by atoms with Crippen LogP contribution in [-0.4, -0.2) is 58.7 Å². The van der Waals surface area contributed by atoms with Crippen molar-refractivity contribution >= 4 is 34.0 Å². The summed E-state index contributed by atoms with van der Waals surface area (Å²) >= 11 is 6.13. The summed E-state index contributed by atoms with van der Waals surface area (Å²) in [4.78, 5) is 22.4. The number of fused-ring (bicyclic) bond motifs is 3. The van der Waals surface area contributed by atoms with Crippen molar-refractivity contribution in [3.63, 3.8) is 0 Å². The third-order valence-corrected chi connectivity index (χ3v) is 6.42. The van der Waals surface area contributed by atoms with Crippen LogP contribution in [-0.2, 0) is 6.54 Å². The molecular formula is C24H26ClN5O2. The minimum absolute atomic E-state index is 0.00705. The number of aryl methyl sites for hydroxylation is 1. The van der Waals surface area contributed by atoms with Gasteiger partial charge in [-0.15, -0.1) is 0 Å². The number of ether oxygens (including phenoxy) is 1. The standard InChI is InChI=1S/C24H26ClN5O2/c1-32-21-8-3-2-6-18(21)28-16-14-27(15-17-28)11-5-13-30-19-9-10-22(25)26-23(19)29-12-4-7-20(29)24(30)31/h2-4,6-10,12H,5,11,13-17H2,1H3. The molecule has 3 aromatic heterocycles. The lowest BCUT2D eigenvalue weighted by Crippen LogP contribution is -2.47. The Balaban J connectivity index is 1.26. The first kappa shape index (κ1) is 20.8. The Labute approximate surface area is 191 Å². The maximum atomic E-state index is 13.1. The summed E-state index contributed by atoms with van der Waals surface area (Å²) in [6.07, 6.45) is 2.75. The number of pyridine rings is 1. The van der Waals surface area contributed by atoms with Crippen LogP contribution in [0.15, 0.2) is 59.5 Å². The summed E-state index contributed by atoms with van der Waals surface area (Å²) in [5.74, 6) is 0.918. The quantitative estimate of drug-likeness (QED) is 0.420. The van der Waals surface area contributed by atoms with Gasteiger partial charge in [0, 0.05) is 38.9 Å². The van der Waals surface area contributed by atoms with Crippen molar-refractivity contribution < 1.29 is 4.74 Å². The van der Waals surface area contributed by atoms with Gasteiger partial charge in [-0.1, -0.05) is 23.7 Å². The molecule has 0 spiro atoms. The maximum absolute atomic E-state index is 13.1. The lowest BCUT2D eigenvalue weighted by Gasteiger charge is -2.36. The van der Waals surface area contributed by atoms with Crippen molar-refractivity contribution in [3.05, 3.63) is 70.2 Å². The molecule has 0 saturated carbocycles. The van der Waals surface area contributed by atoms with E-state index in [4.69, 9.17) is 16.3 Å². The van der Waals surface area contributed by atoms with Gasteiger partial charge in [-0.2, -0.15) is 0 Å². The molecule has 0 bridgehead atoms. The SMILES string of the molecule is COc1ccccc1N1CCN(CCCn2c(=O)c3cccn3c3nc(Cl)ccc32)CC1. The Morgan fingerprint density at radius 3 is 2.59 bits per heavy atom. The number of para-hydroxylation sites is 2. The molecular weight excluding hydrogens is 426 g/mol. The van der Waals surface area contributed by atoms with E-state index in [1.54, 1.807) is 13.2 Å². The predicted octanol–water partition coefficient (Wildman–Crippen LogP) is 3.52. The lowest BCUT2D eigenvalue weighted by molar-refractivity contribution is 0.250. The van der Waals surface area contributed by atoms with E-state index in [9.17, 15) is 4.79 Å². The number of hydrogen-bond acceptors (Lipinski definition) is 5. The van der Waals surface area contributed by atoms with Gasteiger partial charge < -0.3 is 14.2 Å². The normalized spacial score (nSPS) is 15.0. The highest BCUT2D eigenvalue weighted by Gasteiger charge is 2.19. The fourth-order valence-electron chi connectivity index (χ4n) is 4.57. The Morgan fingerprint density at radius 1 is 0.969 bits per heavy atom. The summed E-state index contributed by atoms with van der Waals surface area (Å²) < 4.78 is 9.16. The molecule has 1 fully saturated rings. The van der Waals surface area contributed by atoms with Gasteiger partial charge in [0.25, 0.3) is 5.56 Å². The zero-order chi connectivity index (χ0) is 22.1. The zero-order valence-corrected chi connectivity index (χ0v) is 18.8. The Morgan fingerprint density at radius 2 is 1.78 bits per heavy atom. The molecule has 0 radical (unpaired) electrons. The number of rotatable bonds is 6. The van der Waals surface area contributed by atoms with Crippen LogP contribution in [0, 0.1) is 0 Å². The van der Waals surface area contributed by atoms with Crippen molar-refractivity contribution in [1.29, 1.82) is 0 Å². The number of hydrogen-bond donors (Lipinski definition) is 0. The molecule has 0 N–H and O–H groups in total. The molecule has 7 nitrogen and oxygen atoms in total. The fourth-order valence-corrected chi connectivity index (χ4v) is 4.71.